The molecule has 0 saturated carbocycles. The van der Waals surface area contributed by atoms with Gasteiger partial charge in [-0.15, -0.1) is 11.3 Å². The van der Waals surface area contributed by atoms with Gasteiger partial charge >= 0.3 is 0 Å². The molecule has 4 heteroatoms. The second-order valence-electron chi connectivity index (χ2n) is 5.91. The molecule has 2 aromatic carbocycles. The lowest BCUT2D eigenvalue weighted by molar-refractivity contribution is 0.101. The molecule has 1 amide bonds. The number of carbonyl (C=O) groups is 1. The SMILES string of the molecule is O=C(Nc1ccccc1)c1cc2sccc2n1CCc1ccccc1. The molecule has 0 spiro atoms. The number of hydrogen-bond acceptors (Lipinski definition) is 2. The Hall–Kier alpha value is -2.85. The average Bonchev–Trinajstić information content (AvgIpc) is 3.23. The number of aryl methyl sites for hydroxylation is 2. The van der Waals surface area contributed by atoms with Crippen LogP contribution in [0.3, 0.4) is 0 Å². The van der Waals surface area contributed by atoms with Crippen molar-refractivity contribution in [2.75, 3.05) is 5.32 Å². The number of aromatic nitrogens is 1. The maximum absolute atomic E-state index is 12.8. The summed E-state index contributed by atoms with van der Waals surface area (Å²) in [7, 11) is 0. The molecule has 0 aliphatic carbocycles. The quantitative estimate of drug-likeness (QED) is 0.529. The summed E-state index contributed by atoms with van der Waals surface area (Å²) in [6, 6.07) is 24.0. The standard InChI is InChI=1S/C21H18N2OS/c24-21(22-17-9-5-2-6-10-17)19-15-20-18(12-14-25-20)23(19)13-11-16-7-3-1-4-8-16/h1-10,12,14-15H,11,13H2,(H,22,24). The van der Waals surface area contributed by atoms with E-state index in [4.69, 9.17) is 0 Å². The van der Waals surface area contributed by atoms with E-state index in [9.17, 15) is 4.79 Å². The first-order valence-electron chi connectivity index (χ1n) is 8.28. The van der Waals surface area contributed by atoms with Crippen molar-refractivity contribution in [3.8, 4) is 0 Å². The third kappa shape index (κ3) is 3.35. The zero-order valence-corrected chi connectivity index (χ0v) is 14.5. The molecule has 0 fully saturated rings. The minimum Gasteiger partial charge on any atom is -0.335 e. The van der Waals surface area contributed by atoms with E-state index in [-0.39, 0.29) is 5.91 Å². The summed E-state index contributed by atoms with van der Waals surface area (Å²) in [5.74, 6) is -0.0670. The van der Waals surface area contributed by atoms with Crippen LogP contribution in [0.25, 0.3) is 10.2 Å². The lowest BCUT2D eigenvalue weighted by Crippen LogP contribution is -2.17. The van der Waals surface area contributed by atoms with Crippen molar-refractivity contribution in [2.24, 2.45) is 0 Å². The van der Waals surface area contributed by atoms with Crippen LogP contribution in [-0.2, 0) is 13.0 Å². The second-order valence-corrected chi connectivity index (χ2v) is 6.85. The highest BCUT2D eigenvalue weighted by Gasteiger charge is 2.16. The van der Waals surface area contributed by atoms with Crippen molar-refractivity contribution in [3.05, 3.63) is 89.4 Å². The van der Waals surface area contributed by atoms with Gasteiger partial charge in [0.05, 0.1) is 10.2 Å². The largest absolute Gasteiger partial charge is 0.335 e. The lowest BCUT2D eigenvalue weighted by atomic mass is 10.1. The fraction of sp³-hybridized carbons (Fsp3) is 0.0952. The number of nitrogens with zero attached hydrogens (tertiary/aromatic N) is 1. The van der Waals surface area contributed by atoms with E-state index < -0.39 is 0 Å². The van der Waals surface area contributed by atoms with E-state index in [1.807, 2.05) is 54.6 Å². The van der Waals surface area contributed by atoms with Gasteiger partial charge in [0.15, 0.2) is 0 Å². The second kappa shape index (κ2) is 6.95. The summed E-state index contributed by atoms with van der Waals surface area (Å²) >= 11 is 1.67. The van der Waals surface area contributed by atoms with Crippen molar-refractivity contribution >= 4 is 33.1 Å². The zero-order chi connectivity index (χ0) is 17.1. The molecule has 0 aliphatic rings. The van der Waals surface area contributed by atoms with Gasteiger partial charge < -0.3 is 9.88 Å². The van der Waals surface area contributed by atoms with E-state index in [0.29, 0.717) is 5.69 Å². The molecular weight excluding hydrogens is 328 g/mol. The van der Waals surface area contributed by atoms with Gasteiger partial charge in [-0.2, -0.15) is 0 Å². The maximum Gasteiger partial charge on any atom is 0.272 e. The summed E-state index contributed by atoms with van der Waals surface area (Å²) in [6.45, 7) is 0.780. The zero-order valence-electron chi connectivity index (χ0n) is 13.7. The Kier molecular flexibility index (Phi) is 4.36. The Morgan fingerprint density at radius 1 is 0.960 bits per heavy atom. The number of carbonyl (C=O) groups excluding carboxylic acids is 1. The number of rotatable bonds is 5. The first kappa shape index (κ1) is 15.7. The number of thiophene rings is 1. The number of benzene rings is 2. The Labute approximate surface area is 150 Å². The number of amides is 1. The maximum atomic E-state index is 12.8. The minimum atomic E-state index is -0.0670. The molecule has 0 unspecified atom stereocenters. The molecule has 0 aliphatic heterocycles. The highest BCUT2D eigenvalue weighted by atomic mass is 32.1. The molecule has 0 radical (unpaired) electrons. The molecule has 124 valence electrons. The molecule has 4 rings (SSSR count). The summed E-state index contributed by atoms with van der Waals surface area (Å²) in [5, 5.41) is 5.06. The van der Waals surface area contributed by atoms with Gasteiger partial charge in [-0.05, 0) is 41.6 Å². The molecule has 0 bridgehead atoms. The predicted molar refractivity (Wildman–Crippen MR) is 104 cm³/mol. The summed E-state index contributed by atoms with van der Waals surface area (Å²) in [4.78, 5) is 12.8. The van der Waals surface area contributed by atoms with E-state index in [2.05, 4.69) is 33.5 Å². The first-order valence-corrected chi connectivity index (χ1v) is 9.16. The van der Waals surface area contributed by atoms with Gasteiger partial charge in [0, 0.05) is 12.2 Å². The molecule has 2 heterocycles. The monoisotopic (exact) mass is 346 g/mol. The van der Waals surface area contributed by atoms with E-state index in [1.165, 1.54) is 5.56 Å². The summed E-state index contributed by atoms with van der Waals surface area (Å²) in [6.07, 6.45) is 0.895. The molecule has 3 nitrogen and oxygen atoms in total. The normalized spacial score (nSPS) is 10.9. The highest BCUT2D eigenvalue weighted by Crippen LogP contribution is 2.26. The summed E-state index contributed by atoms with van der Waals surface area (Å²) < 4.78 is 3.27. The number of para-hydroxylation sites is 1. The van der Waals surface area contributed by atoms with Crippen LogP contribution < -0.4 is 5.32 Å². The minimum absolute atomic E-state index is 0.0670. The number of anilines is 1. The topological polar surface area (TPSA) is 34.0 Å². The van der Waals surface area contributed by atoms with E-state index >= 15 is 0 Å². The van der Waals surface area contributed by atoms with Crippen molar-refractivity contribution in [3.63, 3.8) is 0 Å². The van der Waals surface area contributed by atoms with E-state index in [1.54, 1.807) is 11.3 Å². The van der Waals surface area contributed by atoms with Crippen molar-refractivity contribution in [1.29, 1.82) is 0 Å². The summed E-state index contributed by atoms with van der Waals surface area (Å²) in [5.41, 5.74) is 3.92. The van der Waals surface area contributed by atoms with Gasteiger partial charge in [-0.3, -0.25) is 4.79 Å². The Balaban J connectivity index is 1.62. The Bertz CT molecular complexity index is 987. The van der Waals surface area contributed by atoms with Crippen LogP contribution in [0.15, 0.2) is 78.2 Å². The van der Waals surface area contributed by atoms with Crippen LogP contribution in [0.2, 0.25) is 0 Å². The third-order valence-corrected chi connectivity index (χ3v) is 5.11. The number of nitrogens with one attached hydrogen (secondary N) is 1. The fourth-order valence-electron chi connectivity index (χ4n) is 3.01. The first-order chi connectivity index (χ1) is 12.3. The van der Waals surface area contributed by atoms with Crippen LogP contribution in [0, 0.1) is 0 Å². The molecule has 0 saturated heterocycles. The Morgan fingerprint density at radius 3 is 2.44 bits per heavy atom. The smallest absolute Gasteiger partial charge is 0.272 e. The van der Waals surface area contributed by atoms with Crippen LogP contribution in [0.5, 0.6) is 0 Å². The van der Waals surface area contributed by atoms with Crippen LogP contribution in [0.4, 0.5) is 5.69 Å². The average molecular weight is 346 g/mol. The Morgan fingerprint density at radius 2 is 1.68 bits per heavy atom. The van der Waals surface area contributed by atoms with Crippen molar-refractivity contribution in [2.45, 2.75) is 13.0 Å². The molecular formula is C21H18N2OS. The molecule has 1 N–H and O–H groups in total. The molecule has 2 aromatic heterocycles. The van der Waals surface area contributed by atoms with Crippen LogP contribution in [0.1, 0.15) is 16.1 Å². The number of hydrogen-bond donors (Lipinski definition) is 1. The van der Waals surface area contributed by atoms with Gasteiger partial charge in [-0.25, -0.2) is 0 Å². The lowest BCUT2D eigenvalue weighted by Gasteiger charge is -2.11. The van der Waals surface area contributed by atoms with Gasteiger partial charge in [0.1, 0.15) is 5.69 Å². The van der Waals surface area contributed by atoms with Crippen molar-refractivity contribution in [1.82, 2.24) is 4.57 Å². The highest BCUT2D eigenvalue weighted by molar-refractivity contribution is 7.17. The van der Waals surface area contributed by atoms with Crippen LogP contribution >= 0.6 is 11.3 Å². The third-order valence-electron chi connectivity index (χ3n) is 4.25. The molecule has 4 aromatic rings. The predicted octanol–water partition coefficient (Wildman–Crippen LogP) is 5.20. The molecule has 25 heavy (non-hydrogen) atoms. The fourth-order valence-corrected chi connectivity index (χ4v) is 3.83. The van der Waals surface area contributed by atoms with Gasteiger partial charge in [0.2, 0.25) is 0 Å². The van der Waals surface area contributed by atoms with E-state index in [0.717, 1.165) is 28.9 Å². The van der Waals surface area contributed by atoms with Gasteiger partial charge in [0.25, 0.3) is 5.91 Å². The molecule has 0 atom stereocenters. The van der Waals surface area contributed by atoms with Crippen molar-refractivity contribution < 1.29 is 4.79 Å². The number of fused-ring (bicyclic) bond motifs is 1. The van der Waals surface area contributed by atoms with Crippen LogP contribution in [-0.4, -0.2) is 10.5 Å². The van der Waals surface area contributed by atoms with Gasteiger partial charge in [-0.1, -0.05) is 48.5 Å².